The molecule has 0 aliphatic heterocycles. The van der Waals surface area contributed by atoms with Crippen LogP contribution in [0.1, 0.15) is 104 Å². The number of carboxylic acids is 2. The smallest absolute Gasteiger partial charge is 0.310 e. The Morgan fingerprint density at radius 2 is 1.27 bits per heavy atom. The molecule has 4 rings (SSSR count). The summed E-state index contributed by atoms with van der Waals surface area (Å²) in [6.45, 7) is 5.24. The first-order chi connectivity index (χ1) is 21.5. The van der Waals surface area contributed by atoms with Crippen molar-refractivity contribution in [3.05, 3.63) is 0 Å². The summed E-state index contributed by atoms with van der Waals surface area (Å²) in [5.41, 5.74) is 0.128. The van der Waals surface area contributed by atoms with Crippen LogP contribution < -0.4 is 0 Å². The number of ether oxygens (including phenoxy) is 1. The van der Waals surface area contributed by atoms with Gasteiger partial charge in [0.1, 0.15) is 6.10 Å². The highest BCUT2D eigenvalue weighted by Gasteiger charge is 2.44. The van der Waals surface area contributed by atoms with E-state index in [1.165, 1.54) is 0 Å². The van der Waals surface area contributed by atoms with Gasteiger partial charge in [-0.15, -0.1) is 0 Å². The Morgan fingerprint density at radius 1 is 0.644 bits per heavy atom. The van der Waals surface area contributed by atoms with Crippen LogP contribution >= 0.6 is 0 Å². The first-order valence-corrected chi connectivity index (χ1v) is 17.0. The van der Waals surface area contributed by atoms with E-state index in [0.717, 1.165) is 51.4 Å². The van der Waals surface area contributed by atoms with Crippen LogP contribution in [0.15, 0.2) is 0 Å². The quantitative estimate of drug-likeness (QED) is 0.101. The number of hydrogen-bond acceptors (Lipinski definition) is 10. The summed E-state index contributed by atoms with van der Waals surface area (Å²) in [7, 11) is 0. The zero-order chi connectivity index (χ0) is 32.6. The zero-order valence-corrected chi connectivity index (χ0v) is 26.8. The van der Waals surface area contributed by atoms with E-state index in [9.17, 15) is 24.6 Å². The number of carbonyl (C=O) groups excluding carboxylic acids is 1. The van der Waals surface area contributed by atoms with E-state index in [-0.39, 0.29) is 48.6 Å². The minimum atomic E-state index is -1.00. The molecule has 0 bridgehead atoms. The summed E-state index contributed by atoms with van der Waals surface area (Å²) in [4.78, 5) is 56.3. The molecule has 0 aromatic carbocycles. The molecule has 0 heterocycles. The van der Waals surface area contributed by atoms with Gasteiger partial charge in [-0.2, -0.15) is 0 Å². The van der Waals surface area contributed by atoms with E-state index in [2.05, 4.69) is 23.6 Å². The molecule has 12 heteroatoms. The number of carbonyl (C=O) groups is 3. The van der Waals surface area contributed by atoms with Gasteiger partial charge in [0.05, 0.1) is 43.7 Å². The molecule has 0 amide bonds. The lowest BCUT2D eigenvalue weighted by Gasteiger charge is -2.46. The SMILES string of the molecule is CC(C)(C1CCC(OOCC2CCC(C(=O)O)CC2COO)CC1)C1CCC(OC(=O)C2CCC(COO)CC2C(=O)O)CC1. The normalized spacial score (nSPS) is 36.3. The highest BCUT2D eigenvalue weighted by molar-refractivity contribution is 5.81. The van der Waals surface area contributed by atoms with Gasteiger partial charge in [-0.3, -0.25) is 24.9 Å². The van der Waals surface area contributed by atoms with Crippen molar-refractivity contribution < 1.29 is 59.4 Å². The zero-order valence-electron chi connectivity index (χ0n) is 26.8. The predicted octanol–water partition coefficient (Wildman–Crippen LogP) is 5.84. The molecule has 4 saturated carbocycles. The predicted molar refractivity (Wildman–Crippen MR) is 159 cm³/mol. The second kappa shape index (κ2) is 16.8. The Balaban J connectivity index is 1.16. The summed E-state index contributed by atoms with van der Waals surface area (Å²) in [6.07, 6.45) is 10.4. The molecule has 4 fully saturated rings. The van der Waals surface area contributed by atoms with Crippen LogP contribution in [-0.4, -0.2) is 70.7 Å². The molecule has 45 heavy (non-hydrogen) atoms. The van der Waals surface area contributed by atoms with Crippen molar-refractivity contribution in [1.82, 2.24) is 0 Å². The fourth-order valence-corrected chi connectivity index (χ4v) is 8.78. The lowest BCUT2D eigenvalue weighted by molar-refractivity contribution is -0.340. The third-order valence-electron chi connectivity index (χ3n) is 11.9. The average molecular weight is 643 g/mol. The molecule has 6 atom stereocenters. The summed E-state index contributed by atoms with van der Waals surface area (Å²) in [6, 6.07) is 0. The molecule has 258 valence electrons. The Morgan fingerprint density at radius 3 is 1.84 bits per heavy atom. The van der Waals surface area contributed by atoms with E-state index in [1.807, 2.05) is 0 Å². The maximum atomic E-state index is 13.0. The van der Waals surface area contributed by atoms with Crippen molar-refractivity contribution in [2.24, 2.45) is 52.8 Å². The highest BCUT2D eigenvalue weighted by atomic mass is 17.2. The molecular formula is C33H54O12. The first-order valence-electron chi connectivity index (χ1n) is 17.0. The molecule has 0 spiro atoms. The molecule has 0 saturated heterocycles. The van der Waals surface area contributed by atoms with E-state index >= 15 is 0 Å². The monoisotopic (exact) mass is 642 g/mol. The standard InChI is InChI=1S/C33H54O12/c1-33(2,24-6-10-26(11-7-24)44-32(38)28-14-3-20(17-41-39)15-29(28)31(36)37)25-8-12-27(13-9-25)45-43-19-22-5-4-21(30(34)35)16-23(22)18-42-40/h20-29,39-40H,3-19H2,1-2H3,(H,34,35)(H,36,37). The third kappa shape index (κ3) is 9.60. The van der Waals surface area contributed by atoms with Crippen molar-refractivity contribution in [2.75, 3.05) is 19.8 Å². The molecular weight excluding hydrogens is 588 g/mol. The summed E-state index contributed by atoms with van der Waals surface area (Å²) < 4.78 is 5.89. The maximum Gasteiger partial charge on any atom is 0.310 e. The van der Waals surface area contributed by atoms with Gasteiger partial charge < -0.3 is 14.9 Å². The summed E-state index contributed by atoms with van der Waals surface area (Å²) in [5, 5.41) is 36.8. The van der Waals surface area contributed by atoms with Crippen molar-refractivity contribution in [1.29, 1.82) is 0 Å². The highest BCUT2D eigenvalue weighted by Crippen LogP contribution is 2.49. The number of esters is 1. The first kappa shape index (κ1) is 36.0. The van der Waals surface area contributed by atoms with Crippen LogP contribution in [0.2, 0.25) is 0 Å². The second-order valence-electron chi connectivity index (χ2n) is 14.8. The van der Waals surface area contributed by atoms with Gasteiger partial charge in [-0.1, -0.05) is 13.8 Å². The van der Waals surface area contributed by atoms with Crippen LogP contribution in [0, 0.1) is 52.8 Å². The molecule has 0 aromatic heterocycles. The minimum Gasteiger partial charge on any atom is -0.481 e. The van der Waals surface area contributed by atoms with Crippen LogP contribution in [0.25, 0.3) is 0 Å². The van der Waals surface area contributed by atoms with Crippen LogP contribution in [-0.2, 0) is 38.7 Å². The van der Waals surface area contributed by atoms with Gasteiger partial charge in [-0.05, 0) is 125 Å². The molecule has 4 N–H and O–H groups in total. The van der Waals surface area contributed by atoms with Gasteiger partial charge in [0.25, 0.3) is 0 Å². The van der Waals surface area contributed by atoms with Crippen molar-refractivity contribution in [3.8, 4) is 0 Å². The van der Waals surface area contributed by atoms with E-state index in [1.54, 1.807) is 0 Å². The van der Waals surface area contributed by atoms with Crippen LogP contribution in [0.4, 0.5) is 0 Å². The molecule has 0 radical (unpaired) electrons. The second-order valence-corrected chi connectivity index (χ2v) is 14.8. The van der Waals surface area contributed by atoms with Crippen molar-refractivity contribution in [3.63, 3.8) is 0 Å². The Hall–Kier alpha value is -1.83. The van der Waals surface area contributed by atoms with Gasteiger partial charge in [0, 0.05) is 0 Å². The van der Waals surface area contributed by atoms with E-state index in [4.69, 9.17) is 25.0 Å². The Bertz CT molecular complexity index is 955. The molecule has 4 aliphatic rings. The lowest BCUT2D eigenvalue weighted by atomic mass is 9.60. The largest absolute Gasteiger partial charge is 0.481 e. The van der Waals surface area contributed by atoms with Gasteiger partial charge >= 0.3 is 17.9 Å². The van der Waals surface area contributed by atoms with Crippen LogP contribution in [0.3, 0.4) is 0 Å². The number of carboxylic acid groups (broad SMARTS) is 2. The Labute approximate surface area is 265 Å². The van der Waals surface area contributed by atoms with Gasteiger partial charge in [-0.25, -0.2) is 19.6 Å². The fourth-order valence-electron chi connectivity index (χ4n) is 8.78. The van der Waals surface area contributed by atoms with Crippen molar-refractivity contribution in [2.45, 2.75) is 116 Å². The maximum absolute atomic E-state index is 13.0. The van der Waals surface area contributed by atoms with Gasteiger partial charge in [0.15, 0.2) is 0 Å². The Kier molecular flexibility index (Phi) is 13.5. The van der Waals surface area contributed by atoms with Crippen LogP contribution in [0.5, 0.6) is 0 Å². The van der Waals surface area contributed by atoms with Crippen molar-refractivity contribution >= 4 is 17.9 Å². The molecule has 0 aromatic rings. The van der Waals surface area contributed by atoms with E-state index < -0.39 is 35.7 Å². The number of hydrogen-bond donors (Lipinski definition) is 4. The number of rotatable bonds is 14. The molecule has 4 aliphatic carbocycles. The number of aliphatic carboxylic acids is 2. The topological polar surface area (TPSA) is 178 Å². The fraction of sp³-hybridized carbons (Fsp3) is 0.909. The molecule has 6 unspecified atom stereocenters. The lowest BCUT2D eigenvalue weighted by Crippen LogP contribution is -2.41. The van der Waals surface area contributed by atoms with E-state index in [0.29, 0.717) is 57.0 Å². The average Bonchev–Trinajstić information content (AvgIpc) is 3.02. The summed E-state index contributed by atoms with van der Waals surface area (Å²) >= 11 is 0. The molecule has 12 nitrogen and oxygen atoms in total. The minimum absolute atomic E-state index is 0.0240. The third-order valence-corrected chi connectivity index (χ3v) is 11.9. The summed E-state index contributed by atoms with van der Waals surface area (Å²) in [5.74, 6) is -3.12. The van der Waals surface area contributed by atoms with Gasteiger partial charge in [0.2, 0.25) is 0 Å².